The van der Waals surface area contributed by atoms with Crippen molar-refractivity contribution in [1.29, 1.82) is 0 Å². The molecule has 0 saturated carbocycles. The summed E-state index contributed by atoms with van der Waals surface area (Å²) in [4.78, 5) is 9.10. The first-order valence-electron chi connectivity index (χ1n) is 8.01. The molecule has 0 radical (unpaired) electrons. The van der Waals surface area contributed by atoms with Crippen LogP contribution in [-0.4, -0.2) is 24.7 Å². The van der Waals surface area contributed by atoms with E-state index in [0.717, 1.165) is 11.8 Å². The van der Waals surface area contributed by atoms with E-state index in [1.54, 1.807) is 19.1 Å². The zero-order valence-electron chi connectivity index (χ0n) is 14.8. The van der Waals surface area contributed by atoms with Crippen LogP contribution in [0, 0.1) is 6.92 Å². The number of aromatic nitrogens is 2. The van der Waals surface area contributed by atoms with Crippen LogP contribution in [0.3, 0.4) is 0 Å². The molecule has 0 fully saturated rings. The summed E-state index contributed by atoms with van der Waals surface area (Å²) in [7, 11) is -3.92. The van der Waals surface area contributed by atoms with Gasteiger partial charge in [-0.2, -0.15) is 0 Å². The van der Waals surface area contributed by atoms with Gasteiger partial charge in [-0.1, -0.05) is 23.9 Å². The third kappa shape index (κ3) is 5.46. The van der Waals surface area contributed by atoms with Crippen LogP contribution in [-0.2, 0) is 10.0 Å². The minimum Gasteiger partial charge on any atom is -0.406 e. The van der Waals surface area contributed by atoms with Gasteiger partial charge >= 0.3 is 6.36 Å². The van der Waals surface area contributed by atoms with Crippen LogP contribution in [0.4, 0.5) is 13.2 Å². The number of ether oxygens (including phenoxy) is 1. The maximum Gasteiger partial charge on any atom is 0.573 e. The molecule has 6 nitrogen and oxygen atoms in total. The summed E-state index contributed by atoms with van der Waals surface area (Å²) in [5, 5.41) is 5.71. The Labute approximate surface area is 169 Å². The number of hydrogen-bond acceptors (Lipinski definition) is 6. The van der Waals surface area contributed by atoms with Crippen LogP contribution in [0.2, 0.25) is 0 Å². The maximum atomic E-state index is 12.3. The van der Waals surface area contributed by atoms with Crippen molar-refractivity contribution in [3.63, 3.8) is 0 Å². The Kier molecular flexibility index (Phi) is 5.82. The first kappa shape index (κ1) is 21.1. The zero-order valence-corrected chi connectivity index (χ0v) is 16.5. The molecule has 2 aromatic carbocycles. The second-order valence-electron chi connectivity index (χ2n) is 5.86. The van der Waals surface area contributed by atoms with E-state index in [4.69, 9.17) is 5.14 Å². The highest BCUT2D eigenvalue weighted by atomic mass is 32.2. The lowest BCUT2D eigenvalue weighted by molar-refractivity contribution is -0.274. The number of halogens is 3. The van der Waals surface area contributed by atoms with Gasteiger partial charge in [-0.3, -0.25) is 4.98 Å². The predicted molar refractivity (Wildman–Crippen MR) is 101 cm³/mol. The number of nitrogens with two attached hydrogens (primary N) is 1. The summed E-state index contributed by atoms with van der Waals surface area (Å²) in [6, 6.07) is 10.0. The lowest BCUT2D eigenvalue weighted by Gasteiger charge is -2.11. The van der Waals surface area contributed by atoms with Crippen LogP contribution in [0.1, 0.15) is 5.56 Å². The number of alkyl halides is 3. The average molecular weight is 441 g/mol. The SMILES string of the molecule is Cc1ccc(-c2nccnc2Sc2ccc(OC(F)(F)F)cc2)cc1S(N)(=O)=O. The third-order valence-corrected chi connectivity index (χ3v) is 5.76. The fourth-order valence-electron chi connectivity index (χ4n) is 2.47. The lowest BCUT2D eigenvalue weighted by Crippen LogP contribution is -2.16. The molecule has 0 aliphatic heterocycles. The largest absolute Gasteiger partial charge is 0.573 e. The Balaban J connectivity index is 1.93. The Bertz CT molecular complexity index is 1140. The maximum absolute atomic E-state index is 12.3. The number of rotatable bonds is 5. The third-order valence-electron chi connectivity index (χ3n) is 3.70. The molecular weight excluding hydrogens is 427 g/mol. The molecule has 29 heavy (non-hydrogen) atoms. The van der Waals surface area contributed by atoms with Gasteiger partial charge in [0.2, 0.25) is 10.0 Å². The second-order valence-corrected chi connectivity index (χ2v) is 8.45. The second kappa shape index (κ2) is 8.01. The molecule has 152 valence electrons. The van der Waals surface area contributed by atoms with E-state index in [-0.39, 0.29) is 10.6 Å². The molecule has 1 aromatic heterocycles. The molecule has 0 aliphatic carbocycles. The highest BCUT2D eigenvalue weighted by Crippen LogP contribution is 2.35. The van der Waals surface area contributed by atoms with E-state index in [2.05, 4.69) is 14.7 Å². The van der Waals surface area contributed by atoms with E-state index >= 15 is 0 Å². The molecule has 0 bridgehead atoms. The first-order valence-corrected chi connectivity index (χ1v) is 10.4. The minimum atomic E-state index is -4.76. The van der Waals surface area contributed by atoms with Crippen LogP contribution in [0.5, 0.6) is 5.75 Å². The van der Waals surface area contributed by atoms with Gasteiger partial charge in [0.25, 0.3) is 0 Å². The van der Waals surface area contributed by atoms with E-state index in [9.17, 15) is 21.6 Å². The van der Waals surface area contributed by atoms with Crippen molar-refractivity contribution >= 4 is 21.8 Å². The molecule has 0 unspecified atom stereocenters. The average Bonchev–Trinajstić information content (AvgIpc) is 2.62. The zero-order chi connectivity index (χ0) is 21.2. The van der Waals surface area contributed by atoms with Crippen molar-refractivity contribution in [1.82, 2.24) is 9.97 Å². The van der Waals surface area contributed by atoms with Gasteiger partial charge in [-0.15, -0.1) is 13.2 Å². The molecule has 0 atom stereocenters. The number of primary sulfonamides is 1. The minimum absolute atomic E-state index is 0.0229. The van der Waals surface area contributed by atoms with Crippen molar-refractivity contribution in [3.8, 4) is 17.0 Å². The summed E-state index contributed by atoms with van der Waals surface area (Å²) >= 11 is 1.16. The smallest absolute Gasteiger partial charge is 0.406 e. The van der Waals surface area contributed by atoms with E-state index < -0.39 is 16.4 Å². The quantitative estimate of drug-likeness (QED) is 0.639. The standard InChI is InChI=1S/C18H14F3N3O3S2/c1-11-2-3-12(10-15(11)29(22,25)26)16-17(24-9-8-23-16)28-14-6-4-13(5-7-14)27-18(19,20)21/h2-10H,1H3,(H2,22,25,26). The summed E-state index contributed by atoms with van der Waals surface area (Å²) in [5.74, 6) is -0.336. The fraction of sp³-hybridized carbons (Fsp3) is 0.111. The number of nitrogens with zero attached hydrogens (tertiary/aromatic N) is 2. The molecule has 3 aromatic rings. The Morgan fingerprint density at radius 1 is 1.03 bits per heavy atom. The van der Waals surface area contributed by atoms with Crippen LogP contribution >= 0.6 is 11.8 Å². The van der Waals surface area contributed by atoms with E-state index in [1.807, 2.05) is 0 Å². The van der Waals surface area contributed by atoms with Crippen molar-refractivity contribution in [2.75, 3.05) is 0 Å². The van der Waals surface area contributed by atoms with Crippen LogP contribution < -0.4 is 9.88 Å². The van der Waals surface area contributed by atoms with Gasteiger partial charge in [-0.05, 0) is 42.8 Å². The molecule has 0 amide bonds. The Hall–Kier alpha value is -2.63. The number of hydrogen-bond donors (Lipinski definition) is 1. The molecular formula is C18H14F3N3O3S2. The van der Waals surface area contributed by atoms with Gasteiger partial charge in [0, 0.05) is 22.9 Å². The summed E-state index contributed by atoms with van der Waals surface area (Å²) < 4.78 is 64.3. The first-order chi connectivity index (χ1) is 13.5. The highest BCUT2D eigenvalue weighted by Gasteiger charge is 2.31. The molecule has 0 saturated heterocycles. The Morgan fingerprint density at radius 2 is 1.69 bits per heavy atom. The van der Waals surface area contributed by atoms with Crippen molar-refractivity contribution in [2.45, 2.75) is 28.1 Å². The van der Waals surface area contributed by atoms with Crippen molar-refractivity contribution in [3.05, 3.63) is 60.4 Å². The van der Waals surface area contributed by atoms with Gasteiger partial charge in [0.05, 0.1) is 4.90 Å². The van der Waals surface area contributed by atoms with Crippen molar-refractivity contribution in [2.24, 2.45) is 5.14 Å². The number of benzene rings is 2. The monoisotopic (exact) mass is 441 g/mol. The molecule has 0 spiro atoms. The lowest BCUT2D eigenvalue weighted by atomic mass is 10.1. The fourth-order valence-corrected chi connectivity index (χ4v) is 4.16. The normalized spacial score (nSPS) is 12.0. The predicted octanol–water partition coefficient (Wildman–Crippen LogP) is 4.15. The summed E-state index contributed by atoms with van der Waals surface area (Å²) in [6.45, 7) is 1.63. The van der Waals surface area contributed by atoms with Gasteiger partial charge in [0.1, 0.15) is 16.5 Å². The van der Waals surface area contributed by atoms with Gasteiger partial charge in [-0.25, -0.2) is 18.5 Å². The topological polar surface area (TPSA) is 95.2 Å². The van der Waals surface area contributed by atoms with Gasteiger partial charge < -0.3 is 4.74 Å². The molecule has 11 heteroatoms. The Morgan fingerprint density at radius 3 is 2.31 bits per heavy atom. The number of sulfonamides is 1. The molecule has 2 N–H and O–H groups in total. The van der Waals surface area contributed by atoms with E-state index in [0.29, 0.717) is 26.7 Å². The summed E-state index contributed by atoms with van der Waals surface area (Å²) in [6.07, 6.45) is -1.85. The highest BCUT2D eigenvalue weighted by molar-refractivity contribution is 7.99. The van der Waals surface area contributed by atoms with Gasteiger partial charge in [0.15, 0.2) is 0 Å². The van der Waals surface area contributed by atoms with Crippen LogP contribution in [0.25, 0.3) is 11.3 Å². The van der Waals surface area contributed by atoms with Crippen LogP contribution in [0.15, 0.2) is 69.7 Å². The molecule has 1 heterocycles. The molecule has 3 rings (SSSR count). The van der Waals surface area contributed by atoms with E-state index in [1.165, 1.54) is 42.7 Å². The number of aryl methyl sites for hydroxylation is 1. The van der Waals surface area contributed by atoms with Crippen molar-refractivity contribution < 1.29 is 26.3 Å². The summed E-state index contributed by atoms with van der Waals surface area (Å²) in [5.41, 5.74) is 1.40. The molecule has 0 aliphatic rings.